The smallest absolute Gasteiger partial charge is 0.370 e. The Morgan fingerprint density at radius 2 is 1.81 bits per heavy atom. The van der Waals surface area contributed by atoms with E-state index in [1.165, 1.54) is 37.8 Å². The van der Waals surface area contributed by atoms with Crippen LogP contribution in [-0.4, -0.2) is 27.5 Å². The minimum Gasteiger partial charge on any atom is -0.370 e. The quantitative estimate of drug-likeness (QED) is 0.739. The molecule has 8 heteroatoms. The van der Waals surface area contributed by atoms with Gasteiger partial charge in [-0.15, -0.1) is 0 Å². The van der Waals surface area contributed by atoms with E-state index in [0.717, 1.165) is 12.6 Å². The van der Waals surface area contributed by atoms with Crippen molar-refractivity contribution in [1.82, 2.24) is 15.0 Å². The molecule has 2 aliphatic rings. The molecular formula is C19H22F3N5. The second-order valence-electron chi connectivity index (χ2n) is 7.46. The summed E-state index contributed by atoms with van der Waals surface area (Å²) in [4.78, 5) is 12.6. The maximum absolute atomic E-state index is 13.0. The molecule has 0 bridgehead atoms. The van der Waals surface area contributed by atoms with Gasteiger partial charge in [-0.25, -0.2) is 15.0 Å². The fraction of sp³-hybridized carbons (Fsp3) is 0.526. The second-order valence-corrected chi connectivity index (χ2v) is 7.46. The van der Waals surface area contributed by atoms with Crippen molar-refractivity contribution in [3.05, 3.63) is 30.0 Å². The lowest BCUT2D eigenvalue weighted by molar-refractivity contribution is -0.141. The van der Waals surface area contributed by atoms with Crippen molar-refractivity contribution in [3.8, 4) is 11.5 Å². The number of anilines is 2. The van der Waals surface area contributed by atoms with E-state index >= 15 is 0 Å². The molecule has 0 aliphatic heterocycles. The van der Waals surface area contributed by atoms with Crippen LogP contribution in [0.25, 0.3) is 11.5 Å². The highest BCUT2D eigenvalue weighted by atomic mass is 19.4. The van der Waals surface area contributed by atoms with Gasteiger partial charge in [-0.05, 0) is 56.6 Å². The summed E-state index contributed by atoms with van der Waals surface area (Å²) in [7, 11) is 0. The Morgan fingerprint density at radius 1 is 1.07 bits per heavy atom. The lowest BCUT2D eigenvalue weighted by Gasteiger charge is -2.16. The van der Waals surface area contributed by atoms with E-state index < -0.39 is 11.9 Å². The number of hydrogen-bond donors (Lipinski definition) is 2. The Kier molecular flexibility index (Phi) is 4.65. The van der Waals surface area contributed by atoms with Gasteiger partial charge in [-0.1, -0.05) is 6.07 Å². The van der Waals surface area contributed by atoms with Gasteiger partial charge >= 0.3 is 6.18 Å². The van der Waals surface area contributed by atoms with E-state index in [4.69, 9.17) is 0 Å². The van der Waals surface area contributed by atoms with Crippen LogP contribution in [0.2, 0.25) is 0 Å². The standard InChI is InChI=1S/C19H22F3N5/c1-11(13-7-8-13)24-17-9-16(23-10-12-5-6-12)26-18(27-17)14-3-2-4-15(25-14)19(20,21)22/h2-4,9,11-13H,5-8,10H2,1H3,(H2,23,24,26,27)/t11-/m0/s1. The Hall–Kier alpha value is -2.38. The SMILES string of the molecule is C[C@H](Nc1cc(NCC2CC2)nc(-c2cccc(C(F)(F)F)n2)n1)C1CC1. The highest BCUT2D eigenvalue weighted by Crippen LogP contribution is 2.34. The number of nitrogens with zero attached hydrogens (tertiary/aromatic N) is 3. The van der Waals surface area contributed by atoms with Crippen LogP contribution in [0.3, 0.4) is 0 Å². The van der Waals surface area contributed by atoms with Gasteiger partial charge in [0.1, 0.15) is 23.0 Å². The lowest BCUT2D eigenvalue weighted by Crippen LogP contribution is -2.19. The van der Waals surface area contributed by atoms with Gasteiger partial charge in [0.05, 0.1) is 0 Å². The number of pyridine rings is 1. The fourth-order valence-electron chi connectivity index (χ4n) is 2.96. The molecule has 2 fully saturated rings. The highest BCUT2D eigenvalue weighted by Gasteiger charge is 2.33. The molecule has 2 saturated carbocycles. The number of aromatic nitrogens is 3. The third-order valence-corrected chi connectivity index (χ3v) is 4.97. The molecule has 1 atom stereocenters. The topological polar surface area (TPSA) is 62.7 Å². The lowest BCUT2D eigenvalue weighted by atomic mass is 10.2. The van der Waals surface area contributed by atoms with Crippen molar-refractivity contribution in [2.45, 2.75) is 44.8 Å². The molecule has 0 radical (unpaired) electrons. The molecule has 0 aromatic carbocycles. The first kappa shape index (κ1) is 18.0. The second kappa shape index (κ2) is 6.98. The van der Waals surface area contributed by atoms with Crippen LogP contribution in [0, 0.1) is 11.8 Å². The fourth-order valence-corrected chi connectivity index (χ4v) is 2.96. The van der Waals surface area contributed by atoms with E-state index in [2.05, 4.69) is 32.5 Å². The maximum atomic E-state index is 13.0. The predicted molar refractivity (Wildman–Crippen MR) is 97.3 cm³/mol. The van der Waals surface area contributed by atoms with Gasteiger partial charge in [0, 0.05) is 18.7 Å². The molecule has 2 aliphatic carbocycles. The van der Waals surface area contributed by atoms with Gasteiger partial charge < -0.3 is 10.6 Å². The van der Waals surface area contributed by atoms with Crippen molar-refractivity contribution in [2.75, 3.05) is 17.2 Å². The summed E-state index contributed by atoms with van der Waals surface area (Å²) in [6.07, 6.45) is 0.273. The minimum atomic E-state index is -4.50. The average molecular weight is 377 g/mol. The van der Waals surface area contributed by atoms with Crippen LogP contribution in [0.15, 0.2) is 24.3 Å². The summed E-state index contributed by atoms with van der Waals surface area (Å²) in [6.45, 7) is 2.91. The van der Waals surface area contributed by atoms with Crippen LogP contribution < -0.4 is 10.6 Å². The molecule has 2 N–H and O–H groups in total. The van der Waals surface area contributed by atoms with Crippen LogP contribution in [-0.2, 0) is 6.18 Å². The molecule has 2 aromatic rings. The number of nitrogens with one attached hydrogen (secondary N) is 2. The molecule has 0 amide bonds. The molecule has 2 heterocycles. The first-order valence-corrected chi connectivity index (χ1v) is 9.32. The molecule has 2 aromatic heterocycles. The van der Waals surface area contributed by atoms with Gasteiger partial charge in [-0.3, -0.25) is 0 Å². The van der Waals surface area contributed by atoms with E-state index in [1.807, 2.05) is 6.07 Å². The maximum Gasteiger partial charge on any atom is 0.433 e. The van der Waals surface area contributed by atoms with Gasteiger partial charge in [0.2, 0.25) is 0 Å². The molecule has 5 nitrogen and oxygen atoms in total. The van der Waals surface area contributed by atoms with Gasteiger partial charge in [0.25, 0.3) is 0 Å². The van der Waals surface area contributed by atoms with Crippen molar-refractivity contribution in [2.24, 2.45) is 11.8 Å². The third-order valence-electron chi connectivity index (χ3n) is 4.97. The zero-order chi connectivity index (χ0) is 19.0. The summed E-state index contributed by atoms with van der Waals surface area (Å²) in [5.41, 5.74) is -0.831. The van der Waals surface area contributed by atoms with Crippen LogP contribution >= 0.6 is 0 Å². The zero-order valence-corrected chi connectivity index (χ0v) is 15.1. The largest absolute Gasteiger partial charge is 0.433 e. The van der Waals surface area contributed by atoms with E-state index in [1.54, 1.807) is 0 Å². The van der Waals surface area contributed by atoms with Crippen molar-refractivity contribution < 1.29 is 13.2 Å². The van der Waals surface area contributed by atoms with Crippen molar-refractivity contribution in [1.29, 1.82) is 0 Å². The summed E-state index contributed by atoms with van der Waals surface area (Å²) in [6, 6.07) is 5.87. The molecule has 144 valence electrons. The minimum absolute atomic E-state index is 0.113. The highest BCUT2D eigenvalue weighted by molar-refractivity contribution is 5.58. The third kappa shape index (κ3) is 4.67. The predicted octanol–water partition coefficient (Wildman–Crippen LogP) is 4.59. The first-order chi connectivity index (χ1) is 12.9. The number of rotatable bonds is 7. The molecular weight excluding hydrogens is 355 g/mol. The van der Waals surface area contributed by atoms with Gasteiger partial charge in [-0.2, -0.15) is 13.2 Å². The Bertz CT molecular complexity index is 815. The molecule has 4 rings (SSSR count). The van der Waals surface area contributed by atoms with E-state index in [0.29, 0.717) is 23.5 Å². The van der Waals surface area contributed by atoms with Crippen molar-refractivity contribution in [3.63, 3.8) is 0 Å². The van der Waals surface area contributed by atoms with Gasteiger partial charge in [0.15, 0.2) is 5.82 Å². The van der Waals surface area contributed by atoms with Crippen LogP contribution in [0.5, 0.6) is 0 Å². The first-order valence-electron chi connectivity index (χ1n) is 9.32. The molecule has 27 heavy (non-hydrogen) atoms. The summed E-state index contributed by atoms with van der Waals surface area (Å²) >= 11 is 0. The van der Waals surface area contributed by atoms with Crippen LogP contribution in [0.4, 0.5) is 24.8 Å². The van der Waals surface area contributed by atoms with Crippen molar-refractivity contribution >= 4 is 11.6 Å². The average Bonchev–Trinajstić information content (AvgIpc) is 3.53. The number of hydrogen-bond acceptors (Lipinski definition) is 5. The number of halogens is 3. The summed E-state index contributed by atoms with van der Waals surface area (Å²) in [5.74, 6) is 2.68. The summed E-state index contributed by atoms with van der Waals surface area (Å²) < 4.78 is 39.0. The van der Waals surface area contributed by atoms with E-state index in [9.17, 15) is 13.2 Å². The van der Waals surface area contributed by atoms with Crippen LogP contribution in [0.1, 0.15) is 38.3 Å². The molecule has 0 spiro atoms. The van der Waals surface area contributed by atoms with E-state index in [-0.39, 0.29) is 17.6 Å². The summed E-state index contributed by atoms with van der Waals surface area (Å²) in [5, 5.41) is 6.64. The normalized spacial score (nSPS) is 18.2. The Balaban J connectivity index is 1.63. The molecule has 0 saturated heterocycles. The Morgan fingerprint density at radius 3 is 2.48 bits per heavy atom. The number of alkyl halides is 3. The Labute approximate surface area is 155 Å². The molecule has 0 unspecified atom stereocenters. The monoisotopic (exact) mass is 377 g/mol. The zero-order valence-electron chi connectivity index (χ0n) is 15.1.